The molecule has 1 aliphatic rings. The van der Waals surface area contributed by atoms with Gasteiger partial charge in [0.15, 0.2) is 0 Å². The van der Waals surface area contributed by atoms with Gasteiger partial charge in [0.25, 0.3) is 0 Å². The van der Waals surface area contributed by atoms with E-state index in [1.807, 2.05) is 11.9 Å². The van der Waals surface area contributed by atoms with Crippen molar-refractivity contribution in [2.24, 2.45) is 0 Å². The Bertz CT molecular complexity index is 874. The van der Waals surface area contributed by atoms with E-state index in [-0.39, 0.29) is 4.90 Å². The molecule has 0 heterocycles. The van der Waals surface area contributed by atoms with Crippen molar-refractivity contribution in [2.75, 3.05) is 20.3 Å². The highest BCUT2D eigenvalue weighted by Gasteiger charge is 2.25. The molecule has 5 nitrogen and oxygen atoms in total. The third-order valence-electron chi connectivity index (χ3n) is 4.25. The van der Waals surface area contributed by atoms with E-state index in [0.29, 0.717) is 29.4 Å². The Labute approximate surface area is 170 Å². The van der Waals surface area contributed by atoms with Gasteiger partial charge in [-0.3, -0.25) is 4.90 Å². The van der Waals surface area contributed by atoms with E-state index in [4.69, 9.17) is 27.9 Å². The quantitative estimate of drug-likeness (QED) is 0.611. The number of nitrogens with zero attached hydrogens (tertiary/aromatic N) is 1. The van der Waals surface area contributed by atoms with Crippen LogP contribution in [0.3, 0.4) is 0 Å². The van der Waals surface area contributed by atoms with Crippen LogP contribution in [0.1, 0.15) is 24.4 Å². The van der Waals surface area contributed by atoms with E-state index < -0.39 is 16.1 Å². The van der Waals surface area contributed by atoms with Crippen LogP contribution < -0.4 is 4.72 Å². The molecule has 2 aromatic carbocycles. The minimum absolute atomic E-state index is 0.215. The number of benzene rings is 2. The maximum Gasteiger partial charge on any atom is 0.241 e. The zero-order chi connectivity index (χ0) is 19.4. The number of nitrogens with one attached hydrogen (secondary N) is 1. The summed E-state index contributed by atoms with van der Waals surface area (Å²) in [6, 6.07) is 12.9. The lowest BCUT2D eigenvalue weighted by Gasteiger charge is -2.25. The van der Waals surface area contributed by atoms with Gasteiger partial charge < -0.3 is 4.74 Å². The van der Waals surface area contributed by atoms with Gasteiger partial charge in [-0.2, -0.15) is 0 Å². The van der Waals surface area contributed by atoms with Crippen LogP contribution in [0.15, 0.2) is 53.4 Å². The number of rotatable bonds is 9. The average Bonchev–Trinajstić information content (AvgIpc) is 3.47. The number of hydrogen-bond acceptors (Lipinski definition) is 4. The molecular weight excluding hydrogens is 407 g/mol. The molecule has 146 valence electrons. The van der Waals surface area contributed by atoms with Crippen molar-refractivity contribution in [3.63, 3.8) is 0 Å². The van der Waals surface area contributed by atoms with Crippen LogP contribution in [0.4, 0.5) is 0 Å². The molecule has 1 saturated carbocycles. The van der Waals surface area contributed by atoms with Gasteiger partial charge in [0.05, 0.1) is 33.8 Å². The molecule has 0 bridgehead atoms. The fourth-order valence-corrected chi connectivity index (χ4v) is 4.17. The van der Waals surface area contributed by atoms with Crippen LogP contribution >= 0.6 is 23.2 Å². The van der Waals surface area contributed by atoms with Crippen molar-refractivity contribution in [2.45, 2.75) is 29.9 Å². The molecule has 2 aromatic rings. The molecular formula is C19H22Cl2N2O3S. The second kappa shape index (κ2) is 8.90. The van der Waals surface area contributed by atoms with E-state index in [2.05, 4.69) is 4.72 Å². The van der Waals surface area contributed by atoms with E-state index in [9.17, 15) is 8.42 Å². The summed E-state index contributed by atoms with van der Waals surface area (Å²) in [5.74, 6) is 0. The van der Waals surface area contributed by atoms with Gasteiger partial charge in [-0.15, -0.1) is 0 Å². The molecule has 1 fully saturated rings. The summed E-state index contributed by atoms with van der Waals surface area (Å²) in [5, 5.41) is 0.811. The number of likely N-dealkylation sites (N-methyl/N-ethyl adjacent to an activating group) is 1. The lowest BCUT2D eigenvalue weighted by molar-refractivity contribution is 0.0285. The molecule has 8 heteroatoms. The van der Waals surface area contributed by atoms with Crippen molar-refractivity contribution in [3.8, 4) is 0 Å². The molecule has 0 amide bonds. The minimum Gasteiger partial charge on any atom is -0.363 e. The predicted octanol–water partition coefficient (Wildman–Crippen LogP) is 4.08. The molecule has 3 rings (SSSR count). The van der Waals surface area contributed by atoms with E-state index in [1.54, 1.807) is 48.5 Å². The topological polar surface area (TPSA) is 58.6 Å². The Morgan fingerprint density at radius 2 is 1.85 bits per heavy atom. The van der Waals surface area contributed by atoms with Crippen LogP contribution in [0.25, 0.3) is 0 Å². The lowest BCUT2D eigenvalue weighted by atomic mass is 10.1. The van der Waals surface area contributed by atoms with Gasteiger partial charge in [0.2, 0.25) is 10.0 Å². The van der Waals surface area contributed by atoms with Crippen molar-refractivity contribution >= 4 is 33.2 Å². The number of hydrogen-bond donors (Lipinski definition) is 1. The number of halogens is 2. The number of ether oxygens (including phenoxy) is 1. The van der Waals surface area contributed by atoms with E-state index in [1.165, 1.54) is 0 Å². The van der Waals surface area contributed by atoms with Crippen LogP contribution in [0.5, 0.6) is 0 Å². The molecule has 0 aromatic heterocycles. The third-order valence-corrected chi connectivity index (χ3v) is 6.47. The smallest absolute Gasteiger partial charge is 0.241 e. The van der Waals surface area contributed by atoms with Crippen molar-refractivity contribution in [1.82, 2.24) is 9.62 Å². The van der Waals surface area contributed by atoms with Gasteiger partial charge >= 0.3 is 0 Å². The maximum atomic E-state index is 12.8. The Morgan fingerprint density at radius 3 is 2.48 bits per heavy atom. The van der Waals surface area contributed by atoms with Crippen molar-refractivity contribution in [1.29, 1.82) is 0 Å². The Balaban J connectivity index is 1.80. The minimum atomic E-state index is -3.69. The molecule has 1 unspecified atom stereocenters. The summed E-state index contributed by atoms with van der Waals surface area (Å²) in [6.45, 7) is 0.867. The van der Waals surface area contributed by atoms with E-state index >= 15 is 0 Å². The number of sulfonamides is 1. The summed E-state index contributed by atoms with van der Waals surface area (Å²) in [6.07, 6.45) is 2.51. The van der Waals surface area contributed by atoms with Gasteiger partial charge in [-0.1, -0.05) is 47.5 Å². The average molecular weight is 429 g/mol. The highest BCUT2D eigenvalue weighted by atomic mass is 35.5. The second-order valence-electron chi connectivity index (χ2n) is 6.69. The summed E-state index contributed by atoms with van der Waals surface area (Å²) in [4.78, 5) is 2.16. The highest BCUT2D eigenvalue weighted by Crippen LogP contribution is 2.28. The SMILES string of the molecule is CN(COC1CC1)CC(NS(=O)(=O)c1ccccc1)c1ccc(Cl)c(Cl)c1. The fourth-order valence-electron chi connectivity index (χ4n) is 2.63. The zero-order valence-corrected chi connectivity index (χ0v) is 17.3. The second-order valence-corrected chi connectivity index (χ2v) is 9.22. The summed E-state index contributed by atoms with van der Waals surface area (Å²) < 4.78 is 34.1. The Hall–Kier alpha value is -1.15. The lowest BCUT2D eigenvalue weighted by Crippen LogP contribution is -2.37. The van der Waals surface area contributed by atoms with Crippen LogP contribution in [-0.2, 0) is 14.8 Å². The standard InChI is InChI=1S/C19H22Cl2N2O3S/c1-23(13-26-15-8-9-15)12-19(14-7-10-17(20)18(21)11-14)22-27(24,25)16-5-3-2-4-6-16/h2-7,10-11,15,19,22H,8-9,12-13H2,1H3. The van der Waals surface area contributed by atoms with Crippen molar-refractivity contribution < 1.29 is 13.2 Å². The Kier molecular flexibility index (Phi) is 6.78. The molecule has 0 saturated heterocycles. The first-order chi connectivity index (χ1) is 12.8. The highest BCUT2D eigenvalue weighted by molar-refractivity contribution is 7.89. The Morgan fingerprint density at radius 1 is 1.15 bits per heavy atom. The molecule has 1 atom stereocenters. The van der Waals surface area contributed by atoms with Gasteiger partial charge in [-0.05, 0) is 49.7 Å². The van der Waals surface area contributed by atoms with Crippen LogP contribution in [0.2, 0.25) is 10.0 Å². The largest absolute Gasteiger partial charge is 0.363 e. The molecule has 0 spiro atoms. The van der Waals surface area contributed by atoms with Gasteiger partial charge in [-0.25, -0.2) is 13.1 Å². The van der Waals surface area contributed by atoms with Gasteiger partial charge in [0, 0.05) is 6.54 Å². The van der Waals surface area contributed by atoms with Crippen LogP contribution in [0, 0.1) is 0 Å². The molecule has 1 N–H and O–H groups in total. The molecule has 0 radical (unpaired) electrons. The molecule has 0 aliphatic heterocycles. The maximum absolute atomic E-state index is 12.8. The van der Waals surface area contributed by atoms with Gasteiger partial charge in [0.1, 0.15) is 0 Å². The predicted molar refractivity (Wildman–Crippen MR) is 108 cm³/mol. The third kappa shape index (κ3) is 5.91. The first-order valence-electron chi connectivity index (χ1n) is 8.67. The normalized spacial score (nSPS) is 15.9. The monoisotopic (exact) mass is 428 g/mol. The molecule has 27 heavy (non-hydrogen) atoms. The van der Waals surface area contributed by atoms with E-state index in [0.717, 1.165) is 18.4 Å². The summed E-state index contributed by atoms with van der Waals surface area (Å²) in [7, 11) is -1.80. The summed E-state index contributed by atoms with van der Waals surface area (Å²) >= 11 is 12.2. The first kappa shape index (κ1) is 20.6. The van der Waals surface area contributed by atoms with Crippen molar-refractivity contribution in [3.05, 3.63) is 64.1 Å². The zero-order valence-electron chi connectivity index (χ0n) is 14.9. The molecule has 1 aliphatic carbocycles. The fraction of sp³-hybridized carbons (Fsp3) is 0.368. The van der Waals surface area contributed by atoms with Crippen LogP contribution in [-0.4, -0.2) is 39.7 Å². The summed E-state index contributed by atoms with van der Waals surface area (Å²) in [5.41, 5.74) is 0.738. The first-order valence-corrected chi connectivity index (χ1v) is 10.9.